The third-order valence-electron chi connectivity index (χ3n) is 7.50. The molecule has 4 atom stereocenters. The van der Waals surface area contributed by atoms with Gasteiger partial charge in [0.15, 0.2) is 0 Å². The van der Waals surface area contributed by atoms with Gasteiger partial charge in [0.1, 0.15) is 12.1 Å². The summed E-state index contributed by atoms with van der Waals surface area (Å²) in [5.41, 5.74) is 4.54. The van der Waals surface area contributed by atoms with Gasteiger partial charge in [0.25, 0.3) is 5.91 Å². The van der Waals surface area contributed by atoms with Crippen LogP contribution in [0, 0.1) is 5.92 Å². The van der Waals surface area contributed by atoms with Crippen LogP contribution in [0.3, 0.4) is 0 Å². The minimum atomic E-state index is -0.715. The van der Waals surface area contributed by atoms with Crippen molar-refractivity contribution in [2.24, 2.45) is 5.92 Å². The van der Waals surface area contributed by atoms with Crippen molar-refractivity contribution >= 4 is 28.6 Å². The SMILES string of the molecule is CC[C@@H](C)NC(=O)[C@H](CC(C)C)NC(=O)[C@@H]1Cc2c([nH]c3ccccc23)[C@H]2c3ccccc3C(=O)N21. The number of carbonyl (C=O) groups is 3. The van der Waals surface area contributed by atoms with Crippen molar-refractivity contribution in [3.63, 3.8) is 0 Å². The number of carbonyl (C=O) groups excluding carboxylic acids is 3. The smallest absolute Gasteiger partial charge is 0.255 e. The third kappa shape index (κ3) is 4.06. The highest BCUT2D eigenvalue weighted by Gasteiger charge is 2.49. The molecule has 1 aromatic heterocycles. The number of nitrogens with one attached hydrogen (secondary N) is 3. The summed E-state index contributed by atoms with van der Waals surface area (Å²) in [5, 5.41) is 7.10. The molecule has 0 saturated heterocycles. The van der Waals surface area contributed by atoms with E-state index in [1.807, 2.05) is 70.2 Å². The van der Waals surface area contributed by atoms with Crippen LogP contribution in [0.5, 0.6) is 0 Å². The van der Waals surface area contributed by atoms with E-state index in [0.717, 1.165) is 34.1 Å². The number of amides is 3. The highest BCUT2D eigenvalue weighted by molar-refractivity contribution is 6.04. The zero-order valence-corrected chi connectivity index (χ0v) is 21.3. The first-order valence-electron chi connectivity index (χ1n) is 12.9. The molecule has 3 heterocycles. The lowest BCUT2D eigenvalue weighted by molar-refractivity contribution is -0.132. The summed E-state index contributed by atoms with van der Waals surface area (Å²) in [5.74, 6) is -0.399. The molecule has 2 aliphatic rings. The molecule has 36 heavy (non-hydrogen) atoms. The molecule has 0 radical (unpaired) electrons. The Morgan fingerprint density at radius 2 is 1.78 bits per heavy atom. The summed E-state index contributed by atoms with van der Waals surface area (Å²) in [6.45, 7) is 8.03. The van der Waals surface area contributed by atoms with Crippen LogP contribution in [0.2, 0.25) is 0 Å². The van der Waals surface area contributed by atoms with Crippen LogP contribution in [-0.4, -0.2) is 45.7 Å². The van der Waals surface area contributed by atoms with Gasteiger partial charge >= 0.3 is 0 Å². The maximum absolute atomic E-state index is 13.9. The van der Waals surface area contributed by atoms with E-state index in [-0.39, 0.29) is 35.7 Å². The van der Waals surface area contributed by atoms with Crippen LogP contribution in [-0.2, 0) is 16.0 Å². The topological polar surface area (TPSA) is 94.3 Å². The van der Waals surface area contributed by atoms with Crippen molar-refractivity contribution in [1.82, 2.24) is 20.5 Å². The number of H-pyrrole nitrogens is 1. The quantitative estimate of drug-likeness (QED) is 0.470. The van der Waals surface area contributed by atoms with E-state index in [9.17, 15) is 14.4 Å². The normalized spacial score (nSPS) is 20.0. The minimum Gasteiger partial charge on any atom is -0.356 e. The van der Waals surface area contributed by atoms with Gasteiger partial charge in [-0.2, -0.15) is 0 Å². The van der Waals surface area contributed by atoms with Crippen LogP contribution < -0.4 is 10.6 Å². The van der Waals surface area contributed by atoms with Gasteiger partial charge in [0.05, 0.1) is 6.04 Å². The fourth-order valence-corrected chi connectivity index (χ4v) is 5.55. The van der Waals surface area contributed by atoms with E-state index < -0.39 is 12.1 Å². The standard InChI is InChI=1S/C29H34N4O3/c1-5-17(4)30-27(34)23(14-16(2)3)32-28(35)24-15-21-18-10-8-9-13-22(18)31-25(21)26-19-11-6-7-12-20(19)29(36)33(24)26/h6-13,16-17,23-24,26,31H,5,14-15H2,1-4H3,(H,30,34)(H,32,35)/t17-,23+,24+,26-/m1/s1. The van der Waals surface area contributed by atoms with Crippen LogP contribution >= 0.6 is 0 Å². The molecule has 2 aromatic carbocycles. The van der Waals surface area contributed by atoms with Crippen molar-refractivity contribution in [2.45, 2.75) is 71.1 Å². The van der Waals surface area contributed by atoms with Crippen molar-refractivity contribution < 1.29 is 14.4 Å². The number of para-hydroxylation sites is 1. The number of aromatic nitrogens is 1. The number of nitrogens with zero attached hydrogens (tertiary/aromatic N) is 1. The van der Waals surface area contributed by atoms with Gasteiger partial charge in [-0.3, -0.25) is 14.4 Å². The van der Waals surface area contributed by atoms with Crippen molar-refractivity contribution in [3.05, 3.63) is 70.9 Å². The molecular weight excluding hydrogens is 452 g/mol. The predicted octanol–water partition coefficient (Wildman–Crippen LogP) is 4.08. The Kier molecular flexibility index (Phi) is 6.33. The van der Waals surface area contributed by atoms with Crippen LogP contribution in [0.1, 0.15) is 73.8 Å². The maximum Gasteiger partial charge on any atom is 0.255 e. The van der Waals surface area contributed by atoms with Crippen molar-refractivity contribution in [1.29, 1.82) is 0 Å². The van der Waals surface area contributed by atoms with E-state index in [1.54, 1.807) is 4.90 Å². The molecule has 3 N–H and O–H groups in total. The lowest BCUT2D eigenvalue weighted by Crippen LogP contribution is -2.57. The Bertz CT molecular complexity index is 1330. The summed E-state index contributed by atoms with van der Waals surface area (Å²) in [6, 6.07) is 13.9. The third-order valence-corrected chi connectivity index (χ3v) is 7.50. The van der Waals surface area contributed by atoms with Gasteiger partial charge in [-0.1, -0.05) is 57.2 Å². The molecule has 3 amide bonds. The number of benzene rings is 2. The van der Waals surface area contributed by atoms with Crippen molar-refractivity contribution in [2.75, 3.05) is 0 Å². The average Bonchev–Trinajstić information content (AvgIpc) is 3.38. The van der Waals surface area contributed by atoms with Gasteiger partial charge in [0.2, 0.25) is 11.8 Å². The van der Waals surface area contributed by atoms with Gasteiger partial charge in [-0.15, -0.1) is 0 Å². The molecular formula is C29H34N4O3. The monoisotopic (exact) mass is 486 g/mol. The summed E-state index contributed by atoms with van der Waals surface area (Å²) in [7, 11) is 0. The summed E-state index contributed by atoms with van der Waals surface area (Å²) in [4.78, 5) is 45.8. The van der Waals surface area contributed by atoms with Crippen LogP contribution in [0.25, 0.3) is 10.9 Å². The molecule has 0 saturated carbocycles. The van der Waals surface area contributed by atoms with E-state index >= 15 is 0 Å². The van der Waals surface area contributed by atoms with E-state index in [2.05, 4.69) is 21.7 Å². The van der Waals surface area contributed by atoms with E-state index in [0.29, 0.717) is 18.4 Å². The van der Waals surface area contributed by atoms with Crippen LogP contribution in [0.4, 0.5) is 0 Å². The Labute approximate surface area is 211 Å². The number of fused-ring (bicyclic) bond motifs is 7. The lowest BCUT2D eigenvalue weighted by atomic mass is 9.89. The van der Waals surface area contributed by atoms with Crippen molar-refractivity contribution in [3.8, 4) is 0 Å². The molecule has 0 unspecified atom stereocenters. The fourth-order valence-electron chi connectivity index (χ4n) is 5.55. The van der Waals surface area contributed by atoms with Gasteiger partial charge in [-0.05, 0) is 48.9 Å². The fraction of sp³-hybridized carbons (Fsp3) is 0.414. The zero-order valence-electron chi connectivity index (χ0n) is 21.3. The maximum atomic E-state index is 13.9. The Morgan fingerprint density at radius 1 is 1.06 bits per heavy atom. The molecule has 0 bridgehead atoms. The molecule has 2 aliphatic heterocycles. The lowest BCUT2D eigenvalue weighted by Gasteiger charge is -2.38. The number of rotatable bonds is 7. The zero-order chi connectivity index (χ0) is 25.6. The van der Waals surface area contributed by atoms with Gasteiger partial charge < -0.3 is 20.5 Å². The average molecular weight is 487 g/mol. The first kappa shape index (κ1) is 24.1. The largest absolute Gasteiger partial charge is 0.356 e. The first-order chi connectivity index (χ1) is 17.3. The summed E-state index contributed by atoms with van der Waals surface area (Å²) in [6.07, 6.45) is 1.72. The van der Waals surface area contributed by atoms with Gasteiger partial charge in [0, 0.05) is 34.6 Å². The molecule has 188 valence electrons. The highest BCUT2D eigenvalue weighted by atomic mass is 16.2. The molecule has 0 aliphatic carbocycles. The number of hydrogen-bond donors (Lipinski definition) is 3. The summed E-state index contributed by atoms with van der Waals surface area (Å²) >= 11 is 0. The molecule has 7 nitrogen and oxygen atoms in total. The highest BCUT2D eigenvalue weighted by Crippen LogP contribution is 2.46. The number of hydrogen-bond acceptors (Lipinski definition) is 3. The molecule has 7 heteroatoms. The van der Waals surface area contributed by atoms with Crippen LogP contribution in [0.15, 0.2) is 48.5 Å². The Morgan fingerprint density at radius 3 is 2.53 bits per heavy atom. The Balaban J connectivity index is 1.53. The second-order valence-electron chi connectivity index (χ2n) is 10.5. The molecule has 5 rings (SSSR count). The molecule has 0 fully saturated rings. The minimum absolute atomic E-state index is 0.0200. The van der Waals surface area contributed by atoms with E-state index in [4.69, 9.17) is 0 Å². The van der Waals surface area contributed by atoms with E-state index in [1.165, 1.54) is 0 Å². The second kappa shape index (κ2) is 9.45. The predicted molar refractivity (Wildman–Crippen MR) is 140 cm³/mol. The Hall–Kier alpha value is -3.61. The molecule has 0 spiro atoms. The number of aromatic amines is 1. The summed E-state index contributed by atoms with van der Waals surface area (Å²) < 4.78 is 0. The second-order valence-corrected chi connectivity index (χ2v) is 10.5. The molecule has 3 aromatic rings. The van der Waals surface area contributed by atoms with Gasteiger partial charge in [-0.25, -0.2) is 0 Å². The first-order valence-corrected chi connectivity index (χ1v) is 12.9.